The molecule has 28 heavy (non-hydrogen) atoms. The first-order chi connectivity index (χ1) is 13.3. The Morgan fingerprint density at radius 1 is 1.39 bits per heavy atom. The molecule has 1 aromatic rings. The number of carboxylic acid groups (broad SMARTS) is 1. The lowest BCUT2D eigenvalue weighted by molar-refractivity contribution is -0.150. The first kappa shape index (κ1) is 21.3. The standard InChI is InChI=1S/C15H15BrN4O5S3/c1-6-18-19-15(28-6)27-5-7-4-26-13-10(17-9(22)2-8(21)3-16)12(23)20(13)11(7)14(24)25/h10,13H,2-5H2,1H3,(H,17,22)(H,24,25)/t10-,13-/m1/s1. The third kappa shape index (κ3) is 4.42. The number of β-lactam (4-membered cyclic amide) rings is 1. The highest BCUT2D eigenvalue weighted by Gasteiger charge is 2.54. The zero-order valence-corrected chi connectivity index (χ0v) is 18.5. The first-order valence-electron chi connectivity index (χ1n) is 8.01. The van der Waals surface area contributed by atoms with Gasteiger partial charge < -0.3 is 10.4 Å². The lowest BCUT2D eigenvalue weighted by atomic mass is 10.0. The number of aromatic nitrogens is 2. The fraction of sp³-hybridized carbons (Fsp3) is 0.467. The second-order valence-corrected chi connectivity index (χ2v) is 10.0. The van der Waals surface area contributed by atoms with Crippen molar-refractivity contribution in [1.29, 1.82) is 0 Å². The van der Waals surface area contributed by atoms with Crippen LogP contribution in [0.2, 0.25) is 0 Å². The molecule has 2 aliphatic heterocycles. The summed E-state index contributed by atoms with van der Waals surface area (Å²) >= 11 is 7.17. The van der Waals surface area contributed by atoms with Crippen LogP contribution in [0.25, 0.3) is 0 Å². The molecule has 2 amide bonds. The van der Waals surface area contributed by atoms with Crippen LogP contribution in [0.1, 0.15) is 11.4 Å². The van der Waals surface area contributed by atoms with Gasteiger partial charge in [-0.25, -0.2) is 4.79 Å². The van der Waals surface area contributed by atoms with Crippen LogP contribution < -0.4 is 5.32 Å². The summed E-state index contributed by atoms with van der Waals surface area (Å²) in [6.45, 7) is 1.84. The molecule has 2 atom stereocenters. The lowest BCUT2D eigenvalue weighted by Gasteiger charge is -2.49. The van der Waals surface area contributed by atoms with E-state index in [1.165, 1.54) is 39.8 Å². The van der Waals surface area contributed by atoms with Crippen molar-refractivity contribution in [3.05, 3.63) is 16.3 Å². The molecule has 2 N–H and O–H groups in total. The van der Waals surface area contributed by atoms with Gasteiger partial charge in [0.2, 0.25) is 5.91 Å². The van der Waals surface area contributed by atoms with E-state index in [4.69, 9.17) is 0 Å². The number of Topliss-reactive ketones (excluding diaryl/α,β-unsaturated/α-hetero) is 1. The van der Waals surface area contributed by atoms with E-state index in [2.05, 4.69) is 31.4 Å². The van der Waals surface area contributed by atoms with Gasteiger partial charge in [-0.2, -0.15) is 0 Å². The number of aryl methyl sites for hydroxylation is 1. The van der Waals surface area contributed by atoms with Crippen LogP contribution in [0.15, 0.2) is 15.6 Å². The van der Waals surface area contributed by atoms with Crippen LogP contribution >= 0.6 is 50.8 Å². The average molecular weight is 507 g/mol. The van der Waals surface area contributed by atoms with E-state index in [9.17, 15) is 24.3 Å². The summed E-state index contributed by atoms with van der Waals surface area (Å²) in [5.41, 5.74) is 0.587. The molecule has 1 aromatic heterocycles. The van der Waals surface area contributed by atoms with Gasteiger partial charge in [0.05, 0.1) is 11.8 Å². The maximum atomic E-state index is 12.5. The zero-order valence-electron chi connectivity index (χ0n) is 14.5. The second-order valence-electron chi connectivity index (χ2n) is 5.94. The van der Waals surface area contributed by atoms with Crippen LogP contribution in [0.3, 0.4) is 0 Å². The summed E-state index contributed by atoms with van der Waals surface area (Å²) in [5.74, 6) is -1.69. The third-order valence-corrected chi connectivity index (χ3v) is 7.97. The minimum atomic E-state index is -1.18. The fourth-order valence-electron chi connectivity index (χ4n) is 2.73. The monoisotopic (exact) mass is 506 g/mol. The molecule has 3 rings (SSSR count). The highest BCUT2D eigenvalue weighted by Crippen LogP contribution is 2.41. The van der Waals surface area contributed by atoms with Gasteiger partial charge in [0.15, 0.2) is 10.1 Å². The van der Waals surface area contributed by atoms with Crippen molar-refractivity contribution in [2.24, 2.45) is 0 Å². The van der Waals surface area contributed by atoms with Gasteiger partial charge >= 0.3 is 5.97 Å². The zero-order chi connectivity index (χ0) is 20.4. The molecule has 2 aliphatic rings. The molecule has 0 aromatic carbocycles. The van der Waals surface area contributed by atoms with Crippen molar-refractivity contribution < 1.29 is 24.3 Å². The number of hydrogen-bond acceptors (Lipinski definition) is 9. The molecular formula is C15H15BrN4O5S3. The number of alkyl halides is 1. The molecule has 0 saturated carbocycles. The van der Waals surface area contributed by atoms with Gasteiger partial charge in [-0.05, 0) is 12.5 Å². The van der Waals surface area contributed by atoms with Crippen molar-refractivity contribution in [3.63, 3.8) is 0 Å². The largest absolute Gasteiger partial charge is 0.477 e. The van der Waals surface area contributed by atoms with Gasteiger partial charge in [0, 0.05) is 11.5 Å². The van der Waals surface area contributed by atoms with E-state index in [0.29, 0.717) is 17.1 Å². The van der Waals surface area contributed by atoms with Crippen LogP contribution in [0.4, 0.5) is 0 Å². The minimum Gasteiger partial charge on any atom is -0.477 e. The Hall–Kier alpha value is -1.44. The maximum absolute atomic E-state index is 12.5. The Morgan fingerprint density at radius 3 is 2.75 bits per heavy atom. The van der Waals surface area contributed by atoms with Gasteiger partial charge in [-0.15, -0.1) is 22.0 Å². The number of aliphatic carboxylic acids is 1. The Bertz CT molecular complexity index is 874. The van der Waals surface area contributed by atoms with Gasteiger partial charge in [-0.1, -0.05) is 39.0 Å². The highest BCUT2D eigenvalue weighted by atomic mass is 79.9. The van der Waals surface area contributed by atoms with E-state index in [1.54, 1.807) is 0 Å². The Balaban J connectivity index is 1.69. The first-order valence-corrected chi connectivity index (χ1v) is 12.0. The summed E-state index contributed by atoms with van der Waals surface area (Å²) in [5, 5.41) is 20.5. The summed E-state index contributed by atoms with van der Waals surface area (Å²) in [6.07, 6.45) is -0.322. The molecule has 150 valence electrons. The van der Waals surface area contributed by atoms with E-state index >= 15 is 0 Å². The second kappa shape index (κ2) is 8.93. The molecule has 3 heterocycles. The van der Waals surface area contributed by atoms with E-state index in [1.807, 2.05) is 6.92 Å². The van der Waals surface area contributed by atoms with Crippen LogP contribution in [0, 0.1) is 6.92 Å². The molecular weight excluding hydrogens is 492 g/mol. The third-order valence-electron chi connectivity index (χ3n) is 3.95. The van der Waals surface area contributed by atoms with E-state index < -0.39 is 29.2 Å². The molecule has 0 unspecified atom stereocenters. The molecule has 13 heteroatoms. The maximum Gasteiger partial charge on any atom is 0.352 e. The number of fused-ring (bicyclic) bond motifs is 1. The van der Waals surface area contributed by atoms with E-state index in [-0.39, 0.29) is 23.2 Å². The molecule has 0 bridgehead atoms. The predicted octanol–water partition coefficient (Wildman–Crippen LogP) is 1.03. The highest BCUT2D eigenvalue weighted by molar-refractivity contribution is 9.09. The SMILES string of the molecule is Cc1nnc(SCC2=C(C(=O)O)N3C(=O)[C@@H](NC(=O)CC(=O)CBr)[C@H]3SC2)s1. The number of nitrogens with one attached hydrogen (secondary N) is 1. The summed E-state index contributed by atoms with van der Waals surface area (Å²) < 4.78 is 0.735. The number of carboxylic acids is 1. The molecule has 9 nitrogen and oxygen atoms in total. The van der Waals surface area contributed by atoms with E-state index in [0.717, 1.165) is 9.35 Å². The lowest BCUT2D eigenvalue weighted by Crippen LogP contribution is -2.70. The quantitative estimate of drug-likeness (QED) is 0.229. The topological polar surface area (TPSA) is 130 Å². The van der Waals surface area contributed by atoms with Gasteiger partial charge in [0.1, 0.15) is 22.1 Å². The number of amides is 2. The Labute approximate surface area is 180 Å². The molecule has 1 saturated heterocycles. The molecule has 0 spiro atoms. The number of carbonyl (C=O) groups is 4. The number of nitrogens with zero attached hydrogens (tertiary/aromatic N) is 3. The van der Waals surface area contributed by atoms with Crippen molar-refractivity contribution >= 4 is 74.4 Å². The molecule has 0 aliphatic carbocycles. The van der Waals surface area contributed by atoms with Gasteiger partial charge in [-0.3, -0.25) is 19.3 Å². The number of carbonyl (C=O) groups excluding carboxylic acids is 3. The summed E-state index contributed by atoms with van der Waals surface area (Å²) in [4.78, 5) is 48.8. The van der Waals surface area contributed by atoms with Gasteiger partial charge in [0.25, 0.3) is 5.91 Å². The van der Waals surface area contributed by atoms with Crippen LogP contribution in [0.5, 0.6) is 0 Å². The Morgan fingerprint density at radius 2 is 2.14 bits per heavy atom. The summed E-state index contributed by atoms with van der Waals surface area (Å²) in [7, 11) is 0. The average Bonchev–Trinajstić information content (AvgIpc) is 3.08. The normalized spacial score (nSPS) is 21.2. The predicted molar refractivity (Wildman–Crippen MR) is 108 cm³/mol. The Kier molecular flexibility index (Phi) is 6.78. The number of halogens is 1. The summed E-state index contributed by atoms with van der Waals surface area (Å²) in [6, 6.07) is -0.824. The smallest absolute Gasteiger partial charge is 0.352 e. The van der Waals surface area contributed by atoms with Crippen molar-refractivity contribution in [1.82, 2.24) is 20.4 Å². The van der Waals surface area contributed by atoms with Crippen molar-refractivity contribution in [3.8, 4) is 0 Å². The molecule has 1 fully saturated rings. The number of rotatable bonds is 8. The van der Waals surface area contributed by atoms with Crippen LogP contribution in [-0.2, 0) is 19.2 Å². The molecule has 0 radical (unpaired) electrons. The van der Waals surface area contributed by atoms with Crippen LogP contribution in [-0.4, -0.2) is 72.0 Å². The fourth-order valence-corrected chi connectivity index (χ4v) is 6.23. The minimum absolute atomic E-state index is 0.0375. The van der Waals surface area contributed by atoms with Crippen molar-refractivity contribution in [2.45, 2.75) is 29.1 Å². The number of thioether (sulfide) groups is 2. The number of ketones is 1. The number of hydrogen-bond donors (Lipinski definition) is 2. The van der Waals surface area contributed by atoms with Crippen molar-refractivity contribution in [2.75, 3.05) is 16.8 Å².